The fraction of sp³-hybridized carbons (Fsp3) is 0.500. The molecule has 22 heavy (non-hydrogen) atoms. The number of carbonyl (C=O) groups excluding carboxylic acids is 1. The van der Waals surface area contributed by atoms with E-state index in [1.165, 1.54) is 12.1 Å². The number of hydrogen-bond donors (Lipinski definition) is 1. The molecule has 0 spiro atoms. The Morgan fingerprint density at radius 3 is 2.64 bits per heavy atom. The van der Waals surface area contributed by atoms with Crippen LogP contribution in [0.4, 0.5) is 4.39 Å². The van der Waals surface area contributed by atoms with Crippen molar-refractivity contribution in [3.8, 4) is 0 Å². The number of piperidine rings is 1. The van der Waals surface area contributed by atoms with E-state index >= 15 is 0 Å². The quantitative estimate of drug-likeness (QED) is 0.864. The van der Waals surface area contributed by atoms with E-state index in [2.05, 4.69) is 15.9 Å². The molecule has 1 heterocycles. The average molecular weight is 372 g/mol. The van der Waals surface area contributed by atoms with Crippen molar-refractivity contribution < 1.29 is 19.1 Å². The van der Waals surface area contributed by atoms with Gasteiger partial charge in [-0.2, -0.15) is 0 Å². The molecule has 0 saturated carbocycles. The van der Waals surface area contributed by atoms with Crippen LogP contribution in [0.3, 0.4) is 0 Å². The summed E-state index contributed by atoms with van der Waals surface area (Å²) in [5, 5.41) is 8.78. The van der Waals surface area contributed by atoms with Crippen LogP contribution in [0.1, 0.15) is 31.2 Å². The van der Waals surface area contributed by atoms with Gasteiger partial charge in [0.2, 0.25) is 5.91 Å². The van der Waals surface area contributed by atoms with E-state index in [-0.39, 0.29) is 24.1 Å². The maximum atomic E-state index is 13.2. The molecule has 1 aliphatic rings. The second-order valence-corrected chi connectivity index (χ2v) is 6.51. The minimum atomic E-state index is -0.777. The summed E-state index contributed by atoms with van der Waals surface area (Å²) < 4.78 is 14.0. The molecule has 0 bridgehead atoms. The second kappa shape index (κ2) is 7.72. The smallest absolute Gasteiger partial charge is 0.303 e. The Labute approximate surface area is 137 Å². The molecule has 0 radical (unpaired) electrons. The van der Waals surface area contributed by atoms with Gasteiger partial charge in [-0.05, 0) is 48.9 Å². The van der Waals surface area contributed by atoms with Crippen LogP contribution in [0.5, 0.6) is 0 Å². The molecule has 6 heteroatoms. The fourth-order valence-corrected chi connectivity index (χ4v) is 3.21. The molecule has 0 atom stereocenters. The zero-order valence-corrected chi connectivity index (χ0v) is 13.8. The van der Waals surface area contributed by atoms with Gasteiger partial charge in [-0.15, -0.1) is 0 Å². The minimum Gasteiger partial charge on any atom is -0.481 e. The third kappa shape index (κ3) is 4.80. The Hall–Kier alpha value is -1.43. The first-order valence-corrected chi connectivity index (χ1v) is 8.18. The van der Waals surface area contributed by atoms with Gasteiger partial charge in [0, 0.05) is 30.4 Å². The molecule has 1 amide bonds. The molecule has 1 fully saturated rings. The molecule has 120 valence electrons. The normalized spacial score (nSPS) is 15.8. The Balaban J connectivity index is 1.81. The lowest BCUT2D eigenvalue weighted by Gasteiger charge is -2.31. The number of likely N-dealkylation sites (tertiary alicyclic amines) is 1. The Morgan fingerprint density at radius 1 is 1.32 bits per heavy atom. The zero-order valence-electron chi connectivity index (χ0n) is 12.2. The monoisotopic (exact) mass is 371 g/mol. The largest absolute Gasteiger partial charge is 0.481 e. The van der Waals surface area contributed by atoms with Crippen molar-refractivity contribution in [1.29, 1.82) is 0 Å². The molecular weight excluding hydrogens is 353 g/mol. The first-order valence-electron chi connectivity index (χ1n) is 7.39. The highest BCUT2D eigenvalue weighted by molar-refractivity contribution is 9.10. The lowest BCUT2D eigenvalue weighted by atomic mass is 9.93. The van der Waals surface area contributed by atoms with Crippen molar-refractivity contribution in [3.05, 3.63) is 34.1 Å². The lowest BCUT2D eigenvalue weighted by Crippen LogP contribution is -2.39. The molecule has 1 aromatic rings. The number of aryl methyl sites for hydroxylation is 1. The number of benzene rings is 1. The third-order valence-corrected chi connectivity index (χ3v) is 4.82. The van der Waals surface area contributed by atoms with Gasteiger partial charge in [0.15, 0.2) is 0 Å². The van der Waals surface area contributed by atoms with Gasteiger partial charge in [-0.25, -0.2) is 4.39 Å². The standard InChI is InChI=1S/C16H19BrFNO3/c17-14-3-2-13(18)10-12(14)1-4-15(20)19-7-5-11(6-8-19)9-16(21)22/h2-3,10-11H,1,4-9H2,(H,21,22). The minimum absolute atomic E-state index is 0.0462. The average Bonchev–Trinajstić information content (AvgIpc) is 2.48. The van der Waals surface area contributed by atoms with Crippen LogP contribution >= 0.6 is 15.9 Å². The number of nitrogens with zero attached hydrogens (tertiary/aromatic N) is 1. The maximum Gasteiger partial charge on any atom is 0.303 e. The van der Waals surface area contributed by atoms with Crippen molar-refractivity contribution >= 4 is 27.8 Å². The van der Waals surface area contributed by atoms with Crippen molar-refractivity contribution in [1.82, 2.24) is 4.90 Å². The van der Waals surface area contributed by atoms with Crippen molar-refractivity contribution in [2.75, 3.05) is 13.1 Å². The maximum absolute atomic E-state index is 13.2. The SMILES string of the molecule is O=C(O)CC1CCN(C(=O)CCc2cc(F)ccc2Br)CC1. The van der Waals surface area contributed by atoms with Gasteiger partial charge in [0.1, 0.15) is 5.82 Å². The molecule has 2 rings (SSSR count). The van der Waals surface area contributed by atoms with Gasteiger partial charge < -0.3 is 10.0 Å². The number of rotatable bonds is 5. The number of halogens is 2. The van der Waals surface area contributed by atoms with Crippen LogP contribution in [0.25, 0.3) is 0 Å². The zero-order chi connectivity index (χ0) is 16.1. The molecule has 0 aromatic heterocycles. The summed E-state index contributed by atoms with van der Waals surface area (Å²) in [6, 6.07) is 4.46. The Kier molecular flexibility index (Phi) is 5.94. The number of hydrogen-bond acceptors (Lipinski definition) is 2. The van der Waals surface area contributed by atoms with Crippen molar-refractivity contribution in [3.63, 3.8) is 0 Å². The van der Waals surface area contributed by atoms with Crippen LogP contribution < -0.4 is 0 Å². The molecule has 1 N–H and O–H groups in total. The summed E-state index contributed by atoms with van der Waals surface area (Å²) in [7, 11) is 0. The summed E-state index contributed by atoms with van der Waals surface area (Å²) in [5.74, 6) is -0.871. The fourth-order valence-electron chi connectivity index (χ4n) is 2.77. The number of carbonyl (C=O) groups is 2. The van der Waals surface area contributed by atoms with Gasteiger partial charge in [0.05, 0.1) is 0 Å². The molecule has 1 aliphatic heterocycles. The van der Waals surface area contributed by atoms with Crippen LogP contribution in [0.15, 0.2) is 22.7 Å². The summed E-state index contributed by atoms with van der Waals surface area (Å²) in [6.07, 6.45) is 2.49. The Bertz CT molecular complexity index is 556. The van der Waals surface area contributed by atoms with E-state index in [1.807, 2.05) is 0 Å². The van der Waals surface area contributed by atoms with Gasteiger partial charge in [0.25, 0.3) is 0 Å². The van der Waals surface area contributed by atoms with E-state index in [1.54, 1.807) is 11.0 Å². The number of carboxylic acids is 1. The van der Waals surface area contributed by atoms with Crippen LogP contribution in [0.2, 0.25) is 0 Å². The van der Waals surface area contributed by atoms with E-state index in [0.29, 0.717) is 25.9 Å². The van der Waals surface area contributed by atoms with Crippen LogP contribution in [0, 0.1) is 11.7 Å². The van der Waals surface area contributed by atoms with E-state index in [9.17, 15) is 14.0 Å². The summed E-state index contributed by atoms with van der Waals surface area (Å²) >= 11 is 3.36. The summed E-state index contributed by atoms with van der Waals surface area (Å²) in [4.78, 5) is 24.7. The molecular formula is C16H19BrFNO3. The van der Waals surface area contributed by atoms with Gasteiger partial charge >= 0.3 is 5.97 Å². The predicted molar refractivity (Wildman–Crippen MR) is 84.0 cm³/mol. The number of amides is 1. The highest BCUT2D eigenvalue weighted by Gasteiger charge is 2.24. The van der Waals surface area contributed by atoms with Crippen LogP contribution in [-0.2, 0) is 16.0 Å². The molecule has 1 saturated heterocycles. The van der Waals surface area contributed by atoms with E-state index < -0.39 is 5.97 Å². The van der Waals surface area contributed by atoms with E-state index in [0.717, 1.165) is 22.9 Å². The van der Waals surface area contributed by atoms with Crippen LogP contribution in [-0.4, -0.2) is 35.0 Å². The van der Waals surface area contributed by atoms with Gasteiger partial charge in [-0.3, -0.25) is 9.59 Å². The number of aliphatic carboxylic acids is 1. The molecule has 0 aliphatic carbocycles. The topological polar surface area (TPSA) is 57.6 Å². The highest BCUT2D eigenvalue weighted by atomic mass is 79.9. The van der Waals surface area contributed by atoms with E-state index in [4.69, 9.17) is 5.11 Å². The molecule has 4 nitrogen and oxygen atoms in total. The Morgan fingerprint density at radius 2 is 2.00 bits per heavy atom. The van der Waals surface area contributed by atoms with Gasteiger partial charge in [-0.1, -0.05) is 15.9 Å². The number of carboxylic acid groups (broad SMARTS) is 1. The first kappa shape index (κ1) is 16.9. The summed E-state index contributed by atoms with van der Waals surface area (Å²) in [6.45, 7) is 1.22. The predicted octanol–water partition coefficient (Wildman–Crippen LogP) is 3.23. The first-order chi connectivity index (χ1) is 10.5. The molecule has 0 unspecified atom stereocenters. The van der Waals surface area contributed by atoms with Crippen molar-refractivity contribution in [2.45, 2.75) is 32.1 Å². The summed E-state index contributed by atoms with van der Waals surface area (Å²) in [5.41, 5.74) is 0.786. The lowest BCUT2D eigenvalue weighted by molar-refractivity contribution is -0.138. The highest BCUT2D eigenvalue weighted by Crippen LogP contribution is 2.23. The molecule has 1 aromatic carbocycles. The third-order valence-electron chi connectivity index (χ3n) is 4.05. The van der Waals surface area contributed by atoms with Crippen molar-refractivity contribution in [2.24, 2.45) is 5.92 Å². The second-order valence-electron chi connectivity index (χ2n) is 5.66.